The molecule has 15 aromatic rings. The van der Waals surface area contributed by atoms with Crippen LogP contribution in [0.1, 0.15) is 0 Å². The molecule has 15 aromatic carbocycles. The second kappa shape index (κ2) is 23.9. The first kappa shape index (κ1) is 57.2. The number of benzene rings is 15. The number of anilines is 15. The molecule has 0 saturated heterocycles. The summed E-state index contributed by atoms with van der Waals surface area (Å²) in [5.74, 6) is 0. The largest absolute Gasteiger partial charge is 0.311 e. The average molecular weight is 1270 g/mol. The molecule has 0 fully saturated rings. The quantitative estimate of drug-likeness (QED) is 0.113. The van der Waals surface area contributed by atoms with E-state index in [-0.39, 0.29) is 13.4 Å². The highest BCUT2D eigenvalue weighted by Gasteiger charge is 2.48. The van der Waals surface area contributed by atoms with Crippen molar-refractivity contribution in [2.24, 2.45) is 0 Å². The van der Waals surface area contributed by atoms with Gasteiger partial charge in [0.05, 0.1) is 17.1 Å². The molecule has 0 saturated carbocycles. The van der Waals surface area contributed by atoms with E-state index in [2.05, 4.69) is 395 Å². The molecule has 0 unspecified atom stereocenters. The van der Waals surface area contributed by atoms with Crippen molar-refractivity contribution in [1.29, 1.82) is 0 Å². The molecule has 0 aliphatic carbocycles. The summed E-state index contributed by atoms with van der Waals surface area (Å²) in [7, 11) is 0. The van der Waals surface area contributed by atoms with E-state index >= 15 is 0 Å². The van der Waals surface area contributed by atoms with Crippen LogP contribution in [0.15, 0.2) is 380 Å². The zero-order valence-corrected chi connectivity index (χ0v) is 54.3. The van der Waals surface area contributed by atoms with Crippen molar-refractivity contribution >= 4 is 143 Å². The SMILES string of the molecule is c1ccc(-c2ccccc2N(c2ccccc2)c2cc3c4c(c2)N(c2ccccc2)c2ccccc2B4c2cc4c(cc2S3)N(c2c(-c3ccccc3)cccc2-c2ccccc2)c2cc(N(c3ccccc3)c3ccccc3)cc3c2B4c2ccccc2N3c2ccccc2)cc1. The highest BCUT2D eigenvalue weighted by Crippen LogP contribution is 2.54. The first-order valence-electron chi connectivity index (χ1n) is 33.7. The van der Waals surface area contributed by atoms with Gasteiger partial charge in [0, 0.05) is 94.7 Å². The first-order chi connectivity index (χ1) is 48.7. The van der Waals surface area contributed by atoms with Crippen LogP contribution in [0.25, 0.3) is 33.4 Å². The van der Waals surface area contributed by atoms with Gasteiger partial charge in [-0.2, -0.15) is 0 Å². The number of nitrogens with zero attached hydrogens (tertiary/aromatic N) is 5. The van der Waals surface area contributed by atoms with Crippen molar-refractivity contribution in [1.82, 2.24) is 0 Å². The van der Waals surface area contributed by atoms with E-state index in [9.17, 15) is 0 Å². The lowest BCUT2D eigenvalue weighted by Gasteiger charge is -2.46. The number of fused-ring (bicyclic) bond motifs is 8. The molecule has 4 heterocycles. The molecule has 98 heavy (non-hydrogen) atoms. The van der Waals surface area contributed by atoms with Gasteiger partial charge >= 0.3 is 0 Å². The molecule has 5 nitrogen and oxygen atoms in total. The lowest BCUT2D eigenvalue weighted by atomic mass is 9.31. The van der Waals surface area contributed by atoms with Crippen LogP contribution in [0.3, 0.4) is 0 Å². The molecule has 0 spiro atoms. The maximum atomic E-state index is 2.69. The molecule has 4 aliphatic rings. The molecule has 0 amide bonds. The highest BCUT2D eigenvalue weighted by molar-refractivity contribution is 8.00. The van der Waals surface area contributed by atoms with E-state index in [1.807, 2.05) is 11.8 Å². The summed E-state index contributed by atoms with van der Waals surface area (Å²) in [6, 6.07) is 137. The standard InChI is InChI=1S/C90H61B2N5S/c1-9-32-62(33-10-1)72-48-25-28-53-79(72)94(67-42-19-6-20-43-67)71-58-85-89-87(59-71)98-86-61-82-77(60-78(86)92(89)76-52-27-30-55-81(76)96(85)69-46-23-8-24-47-69)91-75-51-26-29-54-80(75)95(68-44-21-7-22-45-68)83-56-70(93(65-38-15-4-16-39-65)66-40-17-5-18-41-66)57-84(88(83)91)97(82)90-73(63-34-11-2-12-35-63)49-31-50-74(90)64-36-13-3-14-37-64/h1-61H. The van der Waals surface area contributed by atoms with Gasteiger partial charge in [0.15, 0.2) is 0 Å². The van der Waals surface area contributed by atoms with Crippen LogP contribution in [0.5, 0.6) is 0 Å². The topological polar surface area (TPSA) is 16.2 Å². The third-order valence-electron chi connectivity index (χ3n) is 20.0. The van der Waals surface area contributed by atoms with Crippen LogP contribution in [0.4, 0.5) is 85.3 Å². The minimum Gasteiger partial charge on any atom is -0.311 e. The predicted molar refractivity (Wildman–Crippen MR) is 416 cm³/mol. The second-order valence-electron chi connectivity index (χ2n) is 25.5. The molecule has 0 radical (unpaired) electrons. The summed E-state index contributed by atoms with van der Waals surface area (Å²) >= 11 is 1.91. The Labute approximate surface area is 577 Å². The Hall–Kier alpha value is -12.2. The second-order valence-corrected chi connectivity index (χ2v) is 26.6. The number of rotatable bonds is 12. The molecular formula is C90H61B2N5S. The zero-order chi connectivity index (χ0) is 64.6. The van der Waals surface area contributed by atoms with Crippen molar-refractivity contribution in [3.63, 3.8) is 0 Å². The van der Waals surface area contributed by atoms with Crippen molar-refractivity contribution < 1.29 is 0 Å². The number of hydrogen-bond acceptors (Lipinski definition) is 6. The molecule has 0 atom stereocenters. The average Bonchev–Trinajstić information content (AvgIpc) is 0.679. The maximum absolute atomic E-state index is 2.69. The molecule has 0 bridgehead atoms. The Morgan fingerprint density at radius 3 is 1.14 bits per heavy atom. The lowest BCUT2D eigenvalue weighted by molar-refractivity contribution is 1.22. The predicted octanol–water partition coefficient (Wildman–Crippen LogP) is 20.5. The first-order valence-corrected chi connectivity index (χ1v) is 34.5. The van der Waals surface area contributed by atoms with Gasteiger partial charge in [-0.05, 0) is 153 Å². The summed E-state index contributed by atoms with van der Waals surface area (Å²) in [5.41, 5.74) is 31.1. The van der Waals surface area contributed by atoms with E-state index in [0.717, 1.165) is 113 Å². The smallest absolute Gasteiger partial charge is 0.252 e. The summed E-state index contributed by atoms with van der Waals surface area (Å²) in [5, 5.41) is 0. The van der Waals surface area contributed by atoms with E-state index < -0.39 is 0 Å². The molecular weight excluding hydrogens is 1200 g/mol. The van der Waals surface area contributed by atoms with Crippen molar-refractivity contribution in [2.75, 3.05) is 24.5 Å². The summed E-state index contributed by atoms with van der Waals surface area (Å²) in [6.07, 6.45) is 0. The Balaban J connectivity index is 0.933. The zero-order valence-electron chi connectivity index (χ0n) is 53.5. The Bertz CT molecular complexity index is 5420. The fourth-order valence-corrected chi connectivity index (χ4v) is 17.2. The molecule has 0 N–H and O–H groups in total. The van der Waals surface area contributed by atoms with E-state index in [4.69, 9.17) is 0 Å². The highest BCUT2D eigenvalue weighted by atomic mass is 32.2. The van der Waals surface area contributed by atoms with Crippen molar-refractivity contribution in [3.8, 4) is 33.4 Å². The number of hydrogen-bond donors (Lipinski definition) is 0. The van der Waals surface area contributed by atoms with E-state index in [0.29, 0.717) is 0 Å². The van der Waals surface area contributed by atoms with Gasteiger partial charge in [-0.1, -0.05) is 278 Å². The van der Waals surface area contributed by atoms with Gasteiger partial charge in [0.2, 0.25) is 6.71 Å². The minimum atomic E-state index is -0.190. The van der Waals surface area contributed by atoms with Gasteiger partial charge in [0.1, 0.15) is 0 Å². The molecule has 4 aliphatic heterocycles. The lowest BCUT2D eigenvalue weighted by Crippen LogP contribution is -2.64. The summed E-state index contributed by atoms with van der Waals surface area (Å²) < 4.78 is 0. The molecule has 19 rings (SSSR count). The van der Waals surface area contributed by atoms with Gasteiger partial charge in [-0.25, -0.2) is 0 Å². The normalized spacial score (nSPS) is 12.8. The van der Waals surface area contributed by atoms with Crippen LogP contribution in [0, 0.1) is 0 Å². The Morgan fingerprint density at radius 1 is 0.235 bits per heavy atom. The molecule has 0 aromatic heterocycles. The van der Waals surface area contributed by atoms with Gasteiger partial charge in [-0.15, -0.1) is 0 Å². The van der Waals surface area contributed by atoms with Gasteiger partial charge < -0.3 is 24.5 Å². The van der Waals surface area contributed by atoms with Gasteiger partial charge in [-0.3, -0.25) is 0 Å². The third-order valence-corrected chi connectivity index (χ3v) is 21.1. The van der Waals surface area contributed by atoms with Crippen molar-refractivity contribution in [2.45, 2.75) is 9.79 Å². The van der Waals surface area contributed by atoms with Crippen LogP contribution in [0.2, 0.25) is 0 Å². The minimum absolute atomic E-state index is 0.133. The van der Waals surface area contributed by atoms with E-state index in [1.54, 1.807) is 0 Å². The molecule has 8 heteroatoms. The van der Waals surface area contributed by atoms with Crippen LogP contribution in [-0.2, 0) is 0 Å². The fraction of sp³-hybridized carbons (Fsp3) is 0. The van der Waals surface area contributed by atoms with E-state index in [1.165, 1.54) is 48.3 Å². The van der Waals surface area contributed by atoms with Crippen LogP contribution in [-0.4, -0.2) is 13.4 Å². The maximum Gasteiger partial charge on any atom is 0.252 e. The Kier molecular flexibility index (Phi) is 14.0. The monoisotopic (exact) mass is 1270 g/mol. The Morgan fingerprint density at radius 2 is 0.622 bits per heavy atom. The summed E-state index contributed by atoms with van der Waals surface area (Å²) in [6.45, 7) is -0.323. The third kappa shape index (κ3) is 9.43. The van der Waals surface area contributed by atoms with Gasteiger partial charge in [0.25, 0.3) is 6.71 Å². The van der Waals surface area contributed by atoms with Crippen LogP contribution >= 0.6 is 11.8 Å². The molecule has 458 valence electrons. The van der Waals surface area contributed by atoms with Crippen LogP contribution < -0.4 is 57.3 Å². The fourth-order valence-electron chi connectivity index (χ4n) is 15.9. The van der Waals surface area contributed by atoms with Crippen molar-refractivity contribution in [3.05, 3.63) is 370 Å². The summed E-state index contributed by atoms with van der Waals surface area (Å²) in [4.78, 5) is 15.1. The number of para-hydroxylation sites is 9.